The summed E-state index contributed by atoms with van der Waals surface area (Å²) in [6.07, 6.45) is 2.56. The van der Waals surface area contributed by atoms with Crippen LogP contribution in [0.2, 0.25) is 0 Å². The Bertz CT molecular complexity index is 302. The van der Waals surface area contributed by atoms with Gasteiger partial charge in [0.05, 0.1) is 0 Å². The van der Waals surface area contributed by atoms with E-state index >= 15 is 0 Å². The second kappa shape index (κ2) is 9.87. The summed E-state index contributed by atoms with van der Waals surface area (Å²) in [5.41, 5.74) is 0.0551. The van der Waals surface area contributed by atoms with E-state index in [0.717, 1.165) is 24.3 Å². The quantitative estimate of drug-likeness (QED) is 0.324. The zero-order chi connectivity index (χ0) is 15.2. The van der Waals surface area contributed by atoms with Gasteiger partial charge in [-0.2, -0.15) is 0 Å². The normalized spacial score (nSPS) is 24.4. The molecule has 0 amide bonds. The SMILES string of the molecule is CN=C(NCCCN1CC(C)CC(C)C1)NC(C)(C)C.I. The molecule has 0 aliphatic carbocycles. The van der Waals surface area contributed by atoms with Crippen LogP contribution in [0.4, 0.5) is 0 Å². The number of piperidine rings is 1. The minimum Gasteiger partial charge on any atom is -0.356 e. The van der Waals surface area contributed by atoms with Crippen molar-refractivity contribution in [3.05, 3.63) is 0 Å². The molecule has 0 saturated carbocycles. The van der Waals surface area contributed by atoms with Crippen LogP contribution in [0.1, 0.15) is 47.5 Å². The molecule has 126 valence electrons. The number of nitrogens with one attached hydrogen (secondary N) is 2. The summed E-state index contributed by atoms with van der Waals surface area (Å²) < 4.78 is 0. The van der Waals surface area contributed by atoms with Gasteiger partial charge in [-0.3, -0.25) is 4.99 Å². The number of rotatable bonds is 4. The molecule has 2 N–H and O–H groups in total. The molecule has 5 heteroatoms. The highest BCUT2D eigenvalue weighted by Gasteiger charge is 2.21. The van der Waals surface area contributed by atoms with Crippen LogP contribution >= 0.6 is 24.0 Å². The van der Waals surface area contributed by atoms with Crippen molar-refractivity contribution in [1.82, 2.24) is 15.5 Å². The molecule has 0 aromatic carbocycles. The molecular formula is C16H35IN4. The molecule has 2 unspecified atom stereocenters. The maximum atomic E-state index is 4.26. The van der Waals surface area contributed by atoms with Crippen molar-refractivity contribution in [2.45, 2.75) is 53.0 Å². The summed E-state index contributed by atoms with van der Waals surface area (Å²) in [6.45, 7) is 15.9. The van der Waals surface area contributed by atoms with Crippen LogP contribution in [0, 0.1) is 11.8 Å². The van der Waals surface area contributed by atoms with E-state index in [1.54, 1.807) is 0 Å². The molecule has 1 aliphatic rings. The molecule has 0 aromatic heterocycles. The first kappa shape index (κ1) is 21.0. The number of halogens is 1. The number of hydrogen-bond acceptors (Lipinski definition) is 2. The summed E-state index contributed by atoms with van der Waals surface area (Å²) >= 11 is 0. The van der Waals surface area contributed by atoms with Gasteiger partial charge in [0.25, 0.3) is 0 Å². The molecule has 21 heavy (non-hydrogen) atoms. The zero-order valence-corrected chi connectivity index (χ0v) is 17.0. The van der Waals surface area contributed by atoms with E-state index in [1.165, 1.54) is 32.5 Å². The molecule has 1 heterocycles. The number of hydrogen-bond donors (Lipinski definition) is 2. The molecular weight excluding hydrogens is 375 g/mol. The summed E-state index contributed by atoms with van der Waals surface area (Å²) in [7, 11) is 1.83. The first-order valence-electron chi connectivity index (χ1n) is 8.01. The second-order valence-electron chi connectivity index (χ2n) is 7.43. The van der Waals surface area contributed by atoms with E-state index < -0.39 is 0 Å². The minimum absolute atomic E-state index is 0. The van der Waals surface area contributed by atoms with Gasteiger partial charge in [-0.15, -0.1) is 24.0 Å². The van der Waals surface area contributed by atoms with E-state index in [0.29, 0.717) is 0 Å². The van der Waals surface area contributed by atoms with Gasteiger partial charge in [-0.1, -0.05) is 13.8 Å². The van der Waals surface area contributed by atoms with Crippen LogP contribution in [0.15, 0.2) is 4.99 Å². The number of likely N-dealkylation sites (tertiary alicyclic amines) is 1. The fourth-order valence-corrected chi connectivity index (χ4v) is 3.02. The zero-order valence-electron chi connectivity index (χ0n) is 14.7. The maximum absolute atomic E-state index is 4.26. The lowest BCUT2D eigenvalue weighted by molar-refractivity contribution is 0.140. The Labute approximate surface area is 148 Å². The third-order valence-corrected chi connectivity index (χ3v) is 3.61. The lowest BCUT2D eigenvalue weighted by Gasteiger charge is -2.35. The number of nitrogens with zero attached hydrogens (tertiary/aromatic N) is 2. The van der Waals surface area contributed by atoms with Crippen LogP contribution in [0.3, 0.4) is 0 Å². The average molecular weight is 410 g/mol. The van der Waals surface area contributed by atoms with Gasteiger partial charge in [-0.05, 0) is 52.0 Å². The van der Waals surface area contributed by atoms with Crippen molar-refractivity contribution in [3.63, 3.8) is 0 Å². The highest BCUT2D eigenvalue weighted by molar-refractivity contribution is 14.0. The van der Waals surface area contributed by atoms with Crippen LogP contribution < -0.4 is 10.6 Å². The molecule has 0 bridgehead atoms. The Morgan fingerprint density at radius 1 is 1.19 bits per heavy atom. The molecule has 1 fully saturated rings. The van der Waals surface area contributed by atoms with Crippen molar-refractivity contribution in [2.75, 3.05) is 33.2 Å². The van der Waals surface area contributed by atoms with Crippen LogP contribution in [0.25, 0.3) is 0 Å². The van der Waals surface area contributed by atoms with Crippen LogP contribution in [-0.2, 0) is 0 Å². The standard InChI is InChI=1S/C16H34N4.HI/c1-13-10-14(2)12-20(11-13)9-7-8-18-15(17-6)19-16(3,4)5;/h13-14H,7-12H2,1-6H3,(H2,17,18,19);1H. The maximum Gasteiger partial charge on any atom is 0.191 e. The monoisotopic (exact) mass is 410 g/mol. The first-order chi connectivity index (χ1) is 9.30. The molecule has 1 saturated heterocycles. The van der Waals surface area contributed by atoms with Crippen molar-refractivity contribution in [3.8, 4) is 0 Å². The van der Waals surface area contributed by atoms with Crippen LogP contribution in [-0.4, -0.2) is 49.6 Å². The van der Waals surface area contributed by atoms with Crippen molar-refractivity contribution in [1.29, 1.82) is 0 Å². The topological polar surface area (TPSA) is 39.7 Å². The number of guanidine groups is 1. The minimum atomic E-state index is 0. The van der Waals surface area contributed by atoms with E-state index in [9.17, 15) is 0 Å². The van der Waals surface area contributed by atoms with Gasteiger partial charge in [0.15, 0.2) is 5.96 Å². The summed E-state index contributed by atoms with van der Waals surface area (Å²) in [6, 6.07) is 0. The third-order valence-electron chi connectivity index (χ3n) is 3.61. The first-order valence-corrected chi connectivity index (χ1v) is 8.01. The molecule has 4 nitrogen and oxygen atoms in total. The predicted molar refractivity (Wildman–Crippen MR) is 104 cm³/mol. The molecule has 1 aliphatic heterocycles. The smallest absolute Gasteiger partial charge is 0.191 e. The van der Waals surface area contributed by atoms with Crippen molar-refractivity contribution in [2.24, 2.45) is 16.8 Å². The van der Waals surface area contributed by atoms with Gasteiger partial charge in [-0.25, -0.2) is 0 Å². The van der Waals surface area contributed by atoms with Crippen molar-refractivity contribution >= 4 is 29.9 Å². The predicted octanol–water partition coefficient (Wildman–Crippen LogP) is 2.94. The van der Waals surface area contributed by atoms with E-state index in [1.807, 2.05) is 7.05 Å². The van der Waals surface area contributed by atoms with Gasteiger partial charge in [0.2, 0.25) is 0 Å². The summed E-state index contributed by atoms with van der Waals surface area (Å²) in [5.74, 6) is 2.60. The summed E-state index contributed by atoms with van der Waals surface area (Å²) in [4.78, 5) is 6.87. The van der Waals surface area contributed by atoms with Gasteiger partial charge in [0.1, 0.15) is 0 Å². The Morgan fingerprint density at radius 3 is 2.24 bits per heavy atom. The summed E-state index contributed by atoms with van der Waals surface area (Å²) in [5, 5.41) is 6.78. The fraction of sp³-hybridized carbons (Fsp3) is 0.938. The van der Waals surface area contributed by atoms with E-state index in [-0.39, 0.29) is 29.5 Å². The van der Waals surface area contributed by atoms with E-state index in [2.05, 4.69) is 55.1 Å². The molecule has 1 rings (SSSR count). The molecule has 0 radical (unpaired) electrons. The van der Waals surface area contributed by atoms with E-state index in [4.69, 9.17) is 0 Å². The Balaban J connectivity index is 0.00000400. The highest BCUT2D eigenvalue weighted by Crippen LogP contribution is 2.20. The lowest BCUT2D eigenvalue weighted by atomic mass is 9.92. The fourth-order valence-electron chi connectivity index (χ4n) is 3.02. The average Bonchev–Trinajstić information content (AvgIpc) is 2.30. The molecule has 0 spiro atoms. The lowest BCUT2D eigenvalue weighted by Crippen LogP contribution is -2.48. The largest absolute Gasteiger partial charge is 0.356 e. The van der Waals surface area contributed by atoms with Gasteiger partial charge < -0.3 is 15.5 Å². The second-order valence-corrected chi connectivity index (χ2v) is 7.43. The van der Waals surface area contributed by atoms with Crippen LogP contribution in [0.5, 0.6) is 0 Å². The van der Waals surface area contributed by atoms with Crippen molar-refractivity contribution < 1.29 is 0 Å². The Morgan fingerprint density at radius 2 is 1.76 bits per heavy atom. The third kappa shape index (κ3) is 9.55. The van der Waals surface area contributed by atoms with Gasteiger partial charge >= 0.3 is 0 Å². The highest BCUT2D eigenvalue weighted by atomic mass is 127. The number of aliphatic imine (C=N–C) groups is 1. The molecule has 2 atom stereocenters. The Kier molecular flexibility index (Phi) is 9.85. The van der Waals surface area contributed by atoms with Gasteiger partial charge in [0, 0.05) is 32.2 Å². The molecule has 0 aromatic rings. The Hall–Kier alpha value is -0.0400.